The quantitative estimate of drug-likeness (QED) is 0.886. The lowest BCUT2D eigenvalue weighted by molar-refractivity contribution is -0.121. The van der Waals surface area contributed by atoms with Gasteiger partial charge in [0.1, 0.15) is 11.6 Å². The molecule has 0 atom stereocenters. The molecule has 3 rings (SSSR count). The van der Waals surface area contributed by atoms with Crippen molar-refractivity contribution in [1.29, 1.82) is 0 Å². The van der Waals surface area contributed by atoms with Gasteiger partial charge in [0.25, 0.3) is 0 Å². The summed E-state index contributed by atoms with van der Waals surface area (Å²) in [4.78, 5) is 17.0. The molecule has 1 fully saturated rings. The number of carbonyl (C=O) groups excluding carboxylic acids is 1. The number of aromatic nitrogens is 1. The standard InChI is InChI=1S/C18H21N3O2.ClH/c1-23-15-6-4-5-13(11-15)18(9-2-3-10-18)17(22)21-14-7-8-16(19)20-12-14;/h4-8,11-12H,2-3,9-10H2,1H3,(H2,19,20)(H,21,22);1H. The lowest BCUT2D eigenvalue weighted by atomic mass is 9.78. The van der Waals surface area contributed by atoms with E-state index in [1.54, 1.807) is 25.4 Å². The SMILES string of the molecule is COc1cccc(C2(C(=O)Nc3ccc(N)nc3)CCCC2)c1.Cl. The smallest absolute Gasteiger partial charge is 0.235 e. The molecule has 6 heteroatoms. The Labute approximate surface area is 148 Å². The van der Waals surface area contributed by atoms with Gasteiger partial charge in [-0.3, -0.25) is 4.79 Å². The van der Waals surface area contributed by atoms with Crippen LogP contribution in [0.15, 0.2) is 42.6 Å². The van der Waals surface area contributed by atoms with Crippen molar-refractivity contribution >= 4 is 29.8 Å². The highest BCUT2D eigenvalue weighted by molar-refractivity contribution is 5.99. The first-order chi connectivity index (χ1) is 11.1. The lowest BCUT2D eigenvalue weighted by Crippen LogP contribution is -2.38. The molecule has 1 heterocycles. The second kappa shape index (κ2) is 7.53. The fraction of sp³-hybridized carbons (Fsp3) is 0.333. The van der Waals surface area contributed by atoms with E-state index in [4.69, 9.17) is 10.5 Å². The summed E-state index contributed by atoms with van der Waals surface area (Å²) in [5, 5.41) is 2.99. The van der Waals surface area contributed by atoms with Crippen LogP contribution in [0.5, 0.6) is 5.75 Å². The summed E-state index contributed by atoms with van der Waals surface area (Å²) in [6.07, 6.45) is 5.36. The van der Waals surface area contributed by atoms with Crippen LogP contribution in [0.4, 0.5) is 11.5 Å². The van der Waals surface area contributed by atoms with Gasteiger partial charge in [-0.1, -0.05) is 25.0 Å². The van der Waals surface area contributed by atoms with Gasteiger partial charge in [-0.05, 0) is 42.7 Å². The Kier molecular flexibility index (Phi) is 5.67. The Balaban J connectivity index is 0.00000208. The van der Waals surface area contributed by atoms with Crippen LogP contribution in [0.1, 0.15) is 31.2 Å². The van der Waals surface area contributed by atoms with E-state index in [-0.39, 0.29) is 18.3 Å². The van der Waals surface area contributed by atoms with E-state index in [0.29, 0.717) is 11.5 Å². The van der Waals surface area contributed by atoms with Crippen molar-refractivity contribution in [3.8, 4) is 5.75 Å². The molecule has 24 heavy (non-hydrogen) atoms. The maximum absolute atomic E-state index is 13.0. The predicted octanol–water partition coefficient (Wildman–Crippen LogP) is 3.54. The van der Waals surface area contributed by atoms with Gasteiger partial charge in [0, 0.05) is 0 Å². The number of hydrogen-bond acceptors (Lipinski definition) is 4. The van der Waals surface area contributed by atoms with E-state index in [1.807, 2.05) is 24.3 Å². The summed E-state index contributed by atoms with van der Waals surface area (Å²) in [5.41, 5.74) is 6.76. The molecule has 1 aromatic heterocycles. The van der Waals surface area contributed by atoms with E-state index in [1.165, 1.54) is 0 Å². The number of rotatable bonds is 4. The topological polar surface area (TPSA) is 77.2 Å². The monoisotopic (exact) mass is 347 g/mol. The van der Waals surface area contributed by atoms with E-state index >= 15 is 0 Å². The molecule has 128 valence electrons. The second-order valence-electron chi connectivity index (χ2n) is 5.95. The van der Waals surface area contributed by atoms with Crippen molar-refractivity contribution in [1.82, 2.24) is 4.98 Å². The Hall–Kier alpha value is -2.27. The third kappa shape index (κ3) is 3.46. The zero-order valence-corrected chi connectivity index (χ0v) is 14.4. The van der Waals surface area contributed by atoms with Gasteiger partial charge in [-0.25, -0.2) is 4.98 Å². The number of nitrogens with one attached hydrogen (secondary N) is 1. The maximum atomic E-state index is 13.0. The summed E-state index contributed by atoms with van der Waals surface area (Å²) in [6, 6.07) is 11.3. The van der Waals surface area contributed by atoms with Crippen molar-refractivity contribution in [3.05, 3.63) is 48.2 Å². The van der Waals surface area contributed by atoms with E-state index < -0.39 is 5.41 Å². The van der Waals surface area contributed by atoms with Crippen LogP contribution in [-0.2, 0) is 10.2 Å². The fourth-order valence-electron chi connectivity index (χ4n) is 3.28. The number of pyridine rings is 1. The van der Waals surface area contributed by atoms with Crippen LogP contribution in [0.2, 0.25) is 0 Å². The summed E-state index contributed by atoms with van der Waals surface area (Å²) in [7, 11) is 1.64. The number of ether oxygens (including phenoxy) is 1. The largest absolute Gasteiger partial charge is 0.497 e. The molecule has 0 aliphatic heterocycles. The normalized spacial score (nSPS) is 15.4. The average Bonchev–Trinajstić information content (AvgIpc) is 3.08. The molecular weight excluding hydrogens is 326 g/mol. The fourth-order valence-corrected chi connectivity index (χ4v) is 3.28. The van der Waals surface area contributed by atoms with Gasteiger partial charge in [0.15, 0.2) is 0 Å². The van der Waals surface area contributed by atoms with Crippen molar-refractivity contribution in [3.63, 3.8) is 0 Å². The third-order valence-corrected chi connectivity index (χ3v) is 4.56. The number of anilines is 2. The first-order valence-electron chi connectivity index (χ1n) is 7.81. The summed E-state index contributed by atoms with van der Waals surface area (Å²) < 4.78 is 5.32. The van der Waals surface area contributed by atoms with Crippen LogP contribution >= 0.6 is 12.4 Å². The van der Waals surface area contributed by atoms with Gasteiger partial charge in [0.05, 0.1) is 24.4 Å². The summed E-state index contributed by atoms with van der Waals surface area (Å²) in [5.74, 6) is 1.22. The number of nitrogen functional groups attached to an aromatic ring is 1. The number of methoxy groups -OCH3 is 1. The van der Waals surface area contributed by atoms with Crippen molar-refractivity contribution in [2.75, 3.05) is 18.2 Å². The zero-order valence-electron chi connectivity index (χ0n) is 13.6. The first kappa shape index (κ1) is 18.1. The number of benzene rings is 1. The predicted molar refractivity (Wildman–Crippen MR) is 97.7 cm³/mol. The molecule has 3 N–H and O–H groups in total. The van der Waals surface area contributed by atoms with Gasteiger partial charge in [-0.15, -0.1) is 12.4 Å². The van der Waals surface area contributed by atoms with Crippen LogP contribution < -0.4 is 15.8 Å². The summed E-state index contributed by atoms with van der Waals surface area (Å²) in [6.45, 7) is 0. The molecule has 0 radical (unpaired) electrons. The van der Waals surface area contributed by atoms with Crippen LogP contribution in [0.3, 0.4) is 0 Å². The highest BCUT2D eigenvalue weighted by Gasteiger charge is 2.42. The highest BCUT2D eigenvalue weighted by atomic mass is 35.5. The molecule has 5 nitrogen and oxygen atoms in total. The molecule has 0 unspecified atom stereocenters. The van der Waals surface area contributed by atoms with Crippen molar-refractivity contribution < 1.29 is 9.53 Å². The minimum Gasteiger partial charge on any atom is -0.497 e. The van der Waals surface area contributed by atoms with E-state index in [2.05, 4.69) is 10.3 Å². The molecule has 1 aliphatic carbocycles. The third-order valence-electron chi connectivity index (χ3n) is 4.56. The first-order valence-corrected chi connectivity index (χ1v) is 7.81. The molecule has 2 aromatic rings. The minimum atomic E-state index is -0.504. The highest BCUT2D eigenvalue weighted by Crippen LogP contribution is 2.42. The molecule has 1 amide bonds. The zero-order chi connectivity index (χ0) is 16.3. The number of halogens is 1. The molecule has 1 aliphatic rings. The summed E-state index contributed by atoms with van der Waals surface area (Å²) >= 11 is 0. The molecular formula is C18H22ClN3O2. The molecule has 0 spiro atoms. The Morgan fingerprint density at radius 3 is 2.62 bits per heavy atom. The van der Waals surface area contributed by atoms with Crippen LogP contribution in [-0.4, -0.2) is 18.0 Å². The Morgan fingerprint density at radius 2 is 2.00 bits per heavy atom. The van der Waals surface area contributed by atoms with Gasteiger partial charge < -0.3 is 15.8 Å². The number of nitrogens with two attached hydrogens (primary N) is 1. The Morgan fingerprint density at radius 1 is 1.25 bits per heavy atom. The van der Waals surface area contributed by atoms with Crippen LogP contribution in [0, 0.1) is 0 Å². The van der Waals surface area contributed by atoms with Crippen molar-refractivity contribution in [2.24, 2.45) is 0 Å². The number of amides is 1. The molecule has 1 saturated carbocycles. The van der Waals surface area contributed by atoms with E-state index in [0.717, 1.165) is 37.0 Å². The number of nitrogens with zero attached hydrogens (tertiary/aromatic N) is 1. The van der Waals surface area contributed by atoms with Gasteiger partial charge in [-0.2, -0.15) is 0 Å². The van der Waals surface area contributed by atoms with Gasteiger partial charge in [0.2, 0.25) is 5.91 Å². The lowest BCUT2D eigenvalue weighted by Gasteiger charge is -2.28. The minimum absolute atomic E-state index is 0. The maximum Gasteiger partial charge on any atom is 0.235 e. The second-order valence-corrected chi connectivity index (χ2v) is 5.95. The average molecular weight is 348 g/mol. The molecule has 0 saturated heterocycles. The molecule has 0 bridgehead atoms. The Bertz CT molecular complexity index is 698. The molecule has 1 aromatic carbocycles. The van der Waals surface area contributed by atoms with Gasteiger partial charge >= 0.3 is 0 Å². The van der Waals surface area contributed by atoms with E-state index in [9.17, 15) is 4.79 Å². The van der Waals surface area contributed by atoms with Crippen molar-refractivity contribution in [2.45, 2.75) is 31.1 Å². The number of carbonyl (C=O) groups is 1. The van der Waals surface area contributed by atoms with Crippen LogP contribution in [0.25, 0.3) is 0 Å². The number of hydrogen-bond donors (Lipinski definition) is 2.